The summed E-state index contributed by atoms with van der Waals surface area (Å²) < 4.78 is 7.72. The Morgan fingerprint density at radius 1 is 1.63 bits per heavy atom. The monoisotopic (exact) mass is 295 g/mol. The largest absolute Gasteiger partial charge is 0.467 e. The average Bonchev–Trinajstić information content (AvgIpc) is 2.98. The Bertz CT molecular complexity index is 653. The molecule has 0 saturated heterocycles. The first-order valence-electron chi connectivity index (χ1n) is 5.98. The average molecular weight is 295 g/mol. The second-order valence-corrected chi connectivity index (χ2v) is 6.09. The Morgan fingerprint density at radius 3 is 3.05 bits per heavy atom. The van der Waals surface area contributed by atoms with Gasteiger partial charge in [0.15, 0.2) is 3.95 Å². The van der Waals surface area contributed by atoms with Crippen LogP contribution in [0.2, 0.25) is 0 Å². The molecular formula is C12H13N3O2S2. The molecular weight excluding hydrogens is 282 g/mol. The maximum absolute atomic E-state index is 12.1. The van der Waals surface area contributed by atoms with Gasteiger partial charge in [0.1, 0.15) is 16.5 Å². The number of anilines is 1. The number of nitrogen functional groups attached to an aromatic ring is 1. The maximum Gasteiger partial charge on any atom is 0.265 e. The van der Waals surface area contributed by atoms with Crippen molar-refractivity contribution in [2.45, 2.75) is 25.4 Å². The molecule has 0 atom stereocenters. The third-order valence-corrected chi connectivity index (χ3v) is 4.42. The second-order valence-electron chi connectivity index (χ2n) is 4.45. The molecule has 100 valence electrons. The minimum atomic E-state index is -0.204. The standard InChI is InChI=1S/C12H13N3O2S2/c13-10-9(19-12(18)15(10)7-3-4-7)11(16)14-6-8-2-1-5-17-8/h1-2,5,7H,3-4,6,13H2,(H,14,16). The van der Waals surface area contributed by atoms with Gasteiger partial charge in [-0.05, 0) is 37.2 Å². The van der Waals surface area contributed by atoms with Gasteiger partial charge in [0, 0.05) is 6.04 Å². The lowest BCUT2D eigenvalue weighted by molar-refractivity contribution is 0.0952. The number of carbonyl (C=O) groups is 1. The van der Waals surface area contributed by atoms with E-state index in [9.17, 15) is 4.79 Å². The van der Waals surface area contributed by atoms with Gasteiger partial charge in [0.05, 0.1) is 12.8 Å². The van der Waals surface area contributed by atoms with Crippen LogP contribution >= 0.6 is 23.6 Å². The van der Waals surface area contributed by atoms with Crippen LogP contribution in [0.5, 0.6) is 0 Å². The van der Waals surface area contributed by atoms with Gasteiger partial charge in [-0.2, -0.15) is 0 Å². The first kappa shape index (κ1) is 12.4. The van der Waals surface area contributed by atoms with Gasteiger partial charge in [-0.3, -0.25) is 4.79 Å². The molecule has 3 rings (SSSR count). The Hall–Kier alpha value is -1.60. The van der Waals surface area contributed by atoms with Crippen molar-refractivity contribution >= 4 is 35.3 Å². The fourth-order valence-corrected chi connectivity index (χ4v) is 3.28. The fraction of sp³-hybridized carbons (Fsp3) is 0.333. The summed E-state index contributed by atoms with van der Waals surface area (Å²) in [5.74, 6) is 0.982. The van der Waals surface area contributed by atoms with Gasteiger partial charge in [-0.15, -0.1) is 0 Å². The van der Waals surface area contributed by atoms with E-state index in [1.165, 1.54) is 11.3 Å². The molecule has 2 aromatic rings. The molecule has 1 amide bonds. The van der Waals surface area contributed by atoms with E-state index in [1.54, 1.807) is 18.4 Å². The quantitative estimate of drug-likeness (QED) is 0.851. The second kappa shape index (κ2) is 4.82. The third kappa shape index (κ3) is 2.43. The zero-order valence-electron chi connectivity index (χ0n) is 10.1. The van der Waals surface area contributed by atoms with Crippen LogP contribution in [0.4, 0.5) is 5.82 Å². The topological polar surface area (TPSA) is 73.2 Å². The van der Waals surface area contributed by atoms with E-state index in [-0.39, 0.29) is 5.91 Å². The molecule has 0 radical (unpaired) electrons. The lowest BCUT2D eigenvalue weighted by Gasteiger charge is -2.04. The van der Waals surface area contributed by atoms with Crippen LogP contribution in [0.1, 0.15) is 34.3 Å². The summed E-state index contributed by atoms with van der Waals surface area (Å²) in [6.07, 6.45) is 3.74. The predicted octanol–water partition coefficient (Wildman–Crippen LogP) is 2.72. The van der Waals surface area contributed by atoms with Gasteiger partial charge >= 0.3 is 0 Å². The van der Waals surface area contributed by atoms with E-state index in [4.69, 9.17) is 22.4 Å². The first-order valence-corrected chi connectivity index (χ1v) is 7.20. The fourth-order valence-electron chi connectivity index (χ4n) is 1.90. The van der Waals surface area contributed by atoms with Crippen molar-refractivity contribution in [3.63, 3.8) is 0 Å². The molecule has 5 nitrogen and oxygen atoms in total. The number of hydrogen-bond acceptors (Lipinski definition) is 5. The molecule has 1 saturated carbocycles. The molecule has 1 aliphatic carbocycles. The smallest absolute Gasteiger partial charge is 0.265 e. The summed E-state index contributed by atoms with van der Waals surface area (Å²) >= 11 is 6.53. The van der Waals surface area contributed by atoms with Gasteiger partial charge in [0.25, 0.3) is 5.91 Å². The number of nitrogens with zero attached hydrogens (tertiary/aromatic N) is 1. The van der Waals surface area contributed by atoms with E-state index in [0.29, 0.717) is 33.0 Å². The molecule has 0 aromatic carbocycles. The van der Waals surface area contributed by atoms with Gasteiger partial charge in [-0.25, -0.2) is 0 Å². The Morgan fingerprint density at radius 2 is 2.42 bits per heavy atom. The number of rotatable bonds is 4. The van der Waals surface area contributed by atoms with Crippen LogP contribution in [0.3, 0.4) is 0 Å². The van der Waals surface area contributed by atoms with Crippen LogP contribution in [-0.2, 0) is 6.54 Å². The molecule has 7 heteroatoms. The van der Waals surface area contributed by atoms with Crippen molar-refractivity contribution < 1.29 is 9.21 Å². The van der Waals surface area contributed by atoms with Gasteiger partial charge < -0.3 is 20.0 Å². The molecule has 3 N–H and O–H groups in total. The molecule has 1 fully saturated rings. The zero-order valence-corrected chi connectivity index (χ0v) is 11.7. The van der Waals surface area contributed by atoms with Crippen molar-refractivity contribution in [3.8, 4) is 0 Å². The SMILES string of the molecule is Nc1c(C(=O)NCc2ccco2)sc(=S)n1C1CC1. The van der Waals surface area contributed by atoms with Gasteiger partial charge in [0.2, 0.25) is 0 Å². The highest BCUT2D eigenvalue weighted by atomic mass is 32.1. The highest BCUT2D eigenvalue weighted by Crippen LogP contribution is 2.40. The van der Waals surface area contributed by atoms with E-state index in [1.807, 2.05) is 4.57 Å². The molecule has 0 spiro atoms. The van der Waals surface area contributed by atoms with Crippen molar-refractivity contribution in [1.29, 1.82) is 0 Å². The Balaban J connectivity index is 1.76. The third-order valence-electron chi connectivity index (χ3n) is 3.00. The minimum Gasteiger partial charge on any atom is -0.467 e. The summed E-state index contributed by atoms with van der Waals surface area (Å²) in [6, 6.07) is 3.97. The molecule has 1 aliphatic rings. The number of furan rings is 1. The van der Waals surface area contributed by atoms with E-state index in [2.05, 4.69) is 5.32 Å². The number of hydrogen-bond donors (Lipinski definition) is 2. The zero-order chi connectivity index (χ0) is 13.4. The summed E-state index contributed by atoms with van der Waals surface area (Å²) in [6.45, 7) is 0.347. The molecule has 0 bridgehead atoms. The van der Waals surface area contributed by atoms with Crippen molar-refractivity contribution in [2.24, 2.45) is 0 Å². The van der Waals surface area contributed by atoms with Crippen LogP contribution in [0, 0.1) is 3.95 Å². The summed E-state index contributed by atoms with van der Waals surface area (Å²) in [5, 5.41) is 2.78. The maximum atomic E-state index is 12.1. The van der Waals surface area contributed by atoms with Crippen LogP contribution < -0.4 is 11.1 Å². The predicted molar refractivity (Wildman–Crippen MR) is 75.7 cm³/mol. The number of nitrogens with two attached hydrogens (primary N) is 1. The molecule has 0 aliphatic heterocycles. The van der Waals surface area contributed by atoms with Crippen molar-refractivity contribution in [3.05, 3.63) is 33.0 Å². The van der Waals surface area contributed by atoms with Gasteiger partial charge in [-0.1, -0.05) is 11.3 Å². The van der Waals surface area contributed by atoms with Crippen molar-refractivity contribution in [2.75, 3.05) is 5.73 Å². The first-order chi connectivity index (χ1) is 9.16. The highest BCUT2D eigenvalue weighted by Gasteiger charge is 2.29. The lowest BCUT2D eigenvalue weighted by atomic mass is 10.4. The van der Waals surface area contributed by atoms with E-state index in [0.717, 1.165) is 12.8 Å². The molecule has 2 aromatic heterocycles. The summed E-state index contributed by atoms with van der Waals surface area (Å²) in [5.41, 5.74) is 6.02. The van der Waals surface area contributed by atoms with Crippen LogP contribution in [0.15, 0.2) is 22.8 Å². The van der Waals surface area contributed by atoms with Crippen LogP contribution in [-0.4, -0.2) is 10.5 Å². The normalized spacial score (nSPS) is 14.5. The summed E-state index contributed by atoms with van der Waals surface area (Å²) in [4.78, 5) is 12.6. The molecule has 2 heterocycles. The van der Waals surface area contributed by atoms with E-state index < -0.39 is 0 Å². The number of carbonyl (C=O) groups excluding carboxylic acids is 1. The number of amides is 1. The number of aromatic nitrogens is 1. The lowest BCUT2D eigenvalue weighted by Crippen LogP contribution is -2.22. The van der Waals surface area contributed by atoms with Crippen molar-refractivity contribution in [1.82, 2.24) is 9.88 Å². The summed E-state index contributed by atoms with van der Waals surface area (Å²) in [7, 11) is 0. The van der Waals surface area contributed by atoms with Crippen LogP contribution in [0.25, 0.3) is 0 Å². The Kier molecular flexibility index (Phi) is 3.16. The molecule has 0 unspecified atom stereocenters. The highest BCUT2D eigenvalue weighted by molar-refractivity contribution is 7.73. The Labute approximate surface area is 119 Å². The minimum absolute atomic E-state index is 0.204. The molecule has 19 heavy (non-hydrogen) atoms. The number of thiazole rings is 1. The number of nitrogens with one attached hydrogen (secondary N) is 1. The van der Waals surface area contributed by atoms with E-state index >= 15 is 0 Å².